The summed E-state index contributed by atoms with van der Waals surface area (Å²) in [5, 5.41) is 10.4. The summed E-state index contributed by atoms with van der Waals surface area (Å²) in [6.07, 6.45) is 0. The second-order valence-electron chi connectivity index (χ2n) is 10.2. The maximum absolute atomic E-state index is 14.0. The molecule has 5 rings (SSSR count). The fourth-order valence-electron chi connectivity index (χ4n) is 4.83. The third-order valence-electron chi connectivity index (χ3n) is 7.01. The number of carboxylic acids is 1. The van der Waals surface area contributed by atoms with Crippen molar-refractivity contribution in [2.24, 2.45) is 0 Å². The Morgan fingerprint density at radius 1 is 0.558 bits per heavy atom. The van der Waals surface area contributed by atoms with Gasteiger partial charge in [-0.15, -0.1) is 0 Å². The molecule has 0 saturated heterocycles. The Kier molecular flexibility index (Phi) is 9.96. The van der Waals surface area contributed by atoms with Crippen LogP contribution in [0, 0.1) is 0 Å². The maximum atomic E-state index is 14.0. The van der Waals surface area contributed by atoms with Crippen LogP contribution in [-0.2, 0) is 31.1 Å². The van der Waals surface area contributed by atoms with Gasteiger partial charge in [-0.1, -0.05) is 121 Å². The number of benzene rings is 5. The molecule has 5 aromatic rings. The zero-order valence-corrected chi connectivity index (χ0v) is 23.7. The molecular formula is C37H33NO5. The zero-order valence-electron chi connectivity index (χ0n) is 23.7. The van der Waals surface area contributed by atoms with Crippen molar-refractivity contribution in [1.82, 2.24) is 4.90 Å². The molecule has 1 N–H and O–H groups in total. The van der Waals surface area contributed by atoms with Crippen molar-refractivity contribution in [1.29, 1.82) is 0 Å². The lowest BCUT2D eigenvalue weighted by atomic mass is 10.0. The Morgan fingerprint density at radius 2 is 0.977 bits per heavy atom. The molecule has 0 bridgehead atoms. The third-order valence-corrected chi connectivity index (χ3v) is 7.01. The first-order valence-electron chi connectivity index (χ1n) is 14.1. The molecule has 0 saturated carbocycles. The van der Waals surface area contributed by atoms with Gasteiger partial charge in [0.1, 0.15) is 13.2 Å². The maximum Gasteiger partial charge on any atom is 0.329 e. The van der Waals surface area contributed by atoms with Gasteiger partial charge in [-0.05, 0) is 40.5 Å². The van der Waals surface area contributed by atoms with Crippen LogP contribution >= 0.6 is 0 Å². The van der Waals surface area contributed by atoms with Crippen LogP contribution in [0.15, 0.2) is 140 Å². The van der Waals surface area contributed by atoms with Gasteiger partial charge in [0, 0.05) is 18.7 Å². The lowest BCUT2D eigenvalue weighted by Crippen LogP contribution is -2.46. The number of carbonyl (C=O) groups excluding carboxylic acids is 1. The van der Waals surface area contributed by atoms with Gasteiger partial charge in [0.15, 0.2) is 23.3 Å². The van der Waals surface area contributed by atoms with E-state index in [4.69, 9.17) is 9.47 Å². The van der Waals surface area contributed by atoms with E-state index in [9.17, 15) is 14.7 Å². The van der Waals surface area contributed by atoms with Gasteiger partial charge in [-0.25, -0.2) is 0 Å². The number of ketones is 1. The minimum atomic E-state index is -1.42. The molecule has 1 atom stereocenters. The lowest BCUT2D eigenvalue weighted by molar-refractivity contribution is -0.141. The minimum Gasteiger partial charge on any atom is -0.485 e. The Morgan fingerprint density at radius 3 is 1.42 bits per heavy atom. The average molecular weight is 572 g/mol. The second kappa shape index (κ2) is 14.6. The number of nitrogens with zero attached hydrogens (tertiary/aromatic N) is 1. The number of carboxylic acid groups (broad SMARTS) is 1. The first-order chi connectivity index (χ1) is 21.1. The van der Waals surface area contributed by atoms with Crippen LogP contribution in [0.3, 0.4) is 0 Å². The van der Waals surface area contributed by atoms with Crippen LogP contribution in [0.2, 0.25) is 0 Å². The number of carbonyl (C=O) groups is 2. The Labute approximate surface area is 251 Å². The highest BCUT2D eigenvalue weighted by Crippen LogP contribution is 2.31. The fourth-order valence-corrected chi connectivity index (χ4v) is 4.83. The van der Waals surface area contributed by atoms with E-state index in [0.717, 1.165) is 22.3 Å². The molecule has 0 aliphatic heterocycles. The molecule has 0 amide bonds. The summed E-state index contributed by atoms with van der Waals surface area (Å²) in [4.78, 5) is 28.4. The fraction of sp³-hybridized carbons (Fsp3) is 0.135. The van der Waals surface area contributed by atoms with Gasteiger partial charge < -0.3 is 14.6 Å². The molecule has 6 nitrogen and oxygen atoms in total. The molecule has 5 aromatic carbocycles. The molecule has 6 heteroatoms. The standard InChI is InChI=1S/C37H33NO5/c39-36(35(37(40)41)38(24-28-13-5-1-6-14-28)25-29-15-7-2-8-16-29)32-21-22-33(42-26-30-17-9-3-10-18-30)34(23-32)43-27-31-19-11-4-12-20-31/h1-23,35H,24-27H2,(H,40,41). The molecule has 0 radical (unpaired) electrons. The molecule has 43 heavy (non-hydrogen) atoms. The quantitative estimate of drug-likeness (QED) is 0.112. The van der Waals surface area contributed by atoms with Gasteiger partial charge in [0.05, 0.1) is 0 Å². The van der Waals surface area contributed by atoms with Crippen molar-refractivity contribution in [3.63, 3.8) is 0 Å². The van der Waals surface area contributed by atoms with E-state index in [1.165, 1.54) is 0 Å². The van der Waals surface area contributed by atoms with Crippen molar-refractivity contribution in [2.75, 3.05) is 0 Å². The number of aliphatic carboxylic acids is 1. The summed E-state index contributed by atoms with van der Waals surface area (Å²) in [5.74, 6) is -0.910. The molecular weight excluding hydrogens is 538 g/mol. The summed E-state index contributed by atoms with van der Waals surface area (Å²) in [6.45, 7) is 1.15. The van der Waals surface area contributed by atoms with Crippen LogP contribution in [-0.4, -0.2) is 27.8 Å². The van der Waals surface area contributed by atoms with E-state index < -0.39 is 17.8 Å². The van der Waals surface area contributed by atoms with E-state index in [-0.39, 0.29) is 25.3 Å². The van der Waals surface area contributed by atoms with Crippen LogP contribution in [0.5, 0.6) is 11.5 Å². The van der Waals surface area contributed by atoms with Gasteiger partial charge in [-0.3, -0.25) is 14.5 Å². The van der Waals surface area contributed by atoms with Crippen molar-refractivity contribution < 1.29 is 24.2 Å². The molecule has 0 aliphatic carbocycles. The predicted molar refractivity (Wildman–Crippen MR) is 166 cm³/mol. The number of ether oxygens (including phenoxy) is 2. The van der Waals surface area contributed by atoms with Crippen LogP contribution < -0.4 is 9.47 Å². The SMILES string of the molecule is O=C(O)C(C(=O)c1ccc(OCc2ccccc2)c(OCc2ccccc2)c1)N(Cc1ccccc1)Cc1ccccc1. The average Bonchev–Trinajstić information content (AvgIpc) is 3.05. The lowest BCUT2D eigenvalue weighted by Gasteiger charge is -2.28. The summed E-state index contributed by atoms with van der Waals surface area (Å²) in [6, 6.07) is 42.0. The highest BCUT2D eigenvalue weighted by atomic mass is 16.5. The number of rotatable bonds is 14. The monoisotopic (exact) mass is 571 g/mol. The highest BCUT2D eigenvalue weighted by Gasteiger charge is 2.34. The summed E-state index contributed by atoms with van der Waals surface area (Å²) in [5.41, 5.74) is 3.99. The topological polar surface area (TPSA) is 76.1 Å². The Hall–Kier alpha value is -5.20. The highest BCUT2D eigenvalue weighted by molar-refractivity contribution is 6.11. The Bertz CT molecular complexity index is 1570. The second-order valence-corrected chi connectivity index (χ2v) is 10.2. The molecule has 216 valence electrons. The normalized spacial score (nSPS) is 11.6. The number of hydrogen-bond donors (Lipinski definition) is 1. The van der Waals surface area contributed by atoms with Gasteiger partial charge >= 0.3 is 5.97 Å². The molecule has 1 unspecified atom stereocenters. The smallest absolute Gasteiger partial charge is 0.329 e. The van der Waals surface area contributed by atoms with Crippen molar-refractivity contribution in [3.8, 4) is 11.5 Å². The Balaban J connectivity index is 1.45. The summed E-state index contributed by atoms with van der Waals surface area (Å²) >= 11 is 0. The largest absolute Gasteiger partial charge is 0.485 e. The van der Waals surface area contributed by atoms with E-state index in [2.05, 4.69) is 0 Å². The van der Waals surface area contributed by atoms with Crippen LogP contribution in [0.1, 0.15) is 32.6 Å². The van der Waals surface area contributed by atoms with Crippen molar-refractivity contribution >= 4 is 11.8 Å². The van der Waals surface area contributed by atoms with Crippen molar-refractivity contribution in [3.05, 3.63) is 167 Å². The predicted octanol–water partition coefficient (Wildman–Crippen LogP) is 7.18. The zero-order chi connectivity index (χ0) is 29.9. The van der Waals surface area contributed by atoms with Gasteiger partial charge in [-0.2, -0.15) is 0 Å². The van der Waals surface area contributed by atoms with Crippen LogP contribution in [0.25, 0.3) is 0 Å². The van der Waals surface area contributed by atoms with E-state index in [1.54, 1.807) is 23.1 Å². The van der Waals surface area contributed by atoms with Crippen molar-refractivity contribution in [2.45, 2.75) is 32.3 Å². The molecule has 0 aromatic heterocycles. The summed E-state index contributed by atoms with van der Waals surface area (Å²) < 4.78 is 12.3. The third kappa shape index (κ3) is 8.18. The molecule has 0 fully saturated rings. The molecule has 0 heterocycles. The van der Waals surface area contributed by atoms with Gasteiger partial charge in [0.25, 0.3) is 0 Å². The number of hydrogen-bond acceptors (Lipinski definition) is 5. The molecule has 0 spiro atoms. The first kappa shape index (κ1) is 29.3. The van der Waals surface area contributed by atoms with E-state index in [0.29, 0.717) is 18.1 Å². The van der Waals surface area contributed by atoms with E-state index in [1.807, 2.05) is 121 Å². The molecule has 0 aliphatic rings. The number of Topliss-reactive ketones (excluding diaryl/α,β-unsaturated/α-hetero) is 1. The van der Waals surface area contributed by atoms with Gasteiger partial charge in [0.2, 0.25) is 0 Å². The first-order valence-corrected chi connectivity index (χ1v) is 14.1. The summed E-state index contributed by atoms with van der Waals surface area (Å²) in [7, 11) is 0. The minimum absolute atomic E-state index is 0.230. The van der Waals surface area contributed by atoms with Crippen LogP contribution in [0.4, 0.5) is 0 Å². The van der Waals surface area contributed by atoms with E-state index >= 15 is 0 Å².